The van der Waals surface area contributed by atoms with Gasteiger partial charge >= 0.3 is 0 Å². The largest absolute Gasteiger partial charge is 0.376 e. The van der Waals surface area contributed by atoms with Gasteiger partial charge in [0.1, 0.15) is 0 Å². The first-order valence-electron chi connectivity index (χ1n) is 9.43. The number of carbonyl (C=O) groups excluding carboxylic acids is 1. The number of ketones is 1. The molecule has 2 heterocycles. The number of benzene rings is 1. The van der Waals surface area contributed by atoms with E-state index in [1.165, 1.54) is 11.1 Å². The maximum atomic E-state index is 12.8. The summed E-state index contributed by atoms with van der Waals surface area (Å²) in [6.07, 6.45) is 3.74. The van der Waals surface area contributed by atoms with Gasteiger partial charge in [-0.05, 0) is 50.2 Å². The van der Waals surface area contributed by atoms with Gasteiger partial charge in [0.2, 0.25) is 5.95 Å². The molecule has 4 rings (SSSR count). The predicted octanol–water partition coefficient (Wildman–Crippen LogP) is 3.60. The highest BCUT2D eigenvalue weighted by Crippen LogP contribution is 2.34. The molecule has 0 amide bonds. The molecular weight excluding hydrogens is 326 g/mol. The third kappa shape index (κ3) is 3.36. The highest BCUT2D eigenvalue weighted by Gasteiger charge is 2.30. The van der Waals surface area contributed by atoms with Gasteiger partial charge in [-0.2, -0.15) is 0 Å². The standard InChI is InChI=1S/C21H25N3O2/c1-13-6-3-4-8-17(13)15-10-18-20(19(25)11-15)14(2)23-21(24-18)22-12-16-7-5-9-26-16/h3-4,6,8,15-16H,5,7,9-12H2,1-2H3,(H,22,23,24)/t15-,16+/m1/s1. The van der Waals surface area contributed by atoms with Crippen LogP contribution in [0.15, 0.2) is 24.3 Å². The Hall–Kier alpha value is -2.27. The first-order valence-corrected chi connectivity index (χ1v) is 9.43. The molecule has 2 aromatic rings. The summed E-state index contributed by atoms with van der Waals surface area (Å²) in [5, 5.41) is 3.30. The Morgan fingerprint density at radius 1 is 1.19 bits per heavy atom. The molecule has 1 saturated heterocycles. The Labute approximate surface area is 154 Å². The molecule has 0 spiro atoms. The quantitative estimate of drug-likeness (QED) is 0.912. The lowest BCUT2D eigenvalue weighted by Crippen LogP contribution is -2.25. The summed E-state index contributed by atoms with van der Waals surface area (Å²) in [7, 11) is 0. The number of hydrogen-bond acceptors (Lipinski definition) is 5. The van der Waals surface area contributed by atoms with Crippen molar-refractivity contribution in [2.45, 2.75) is 51.6 Å². The topological polar surface area (TPSA) is 64.1 Å². The summed E-state index contributed by atoms with van der Waals surface area (Å²) in [4.78, 5) is 22.0. The summed E-state index contributed by atoms with van der Waals surface area (Å²) in [5.41, 5.74) is 4.85. The van der Waals surface area contributed by atoms with Gasteiger partial charge in [0.25, 0.3) is 0 Å². The van der Waals surface area contributed by atoms with E-state index in [4.69, 9.17) is 9.72 Å². The highest BCUT2D eigenvalue weighted by molar-refractivity contribution is 5.99. The Morgan fingerprint density at radius 2 is 2.04 bits per heavy atom. The number of Topliss-reactive ketones (excluding diaryl/α,β-unsaturated/α-hetero) is 1. The van der Waals surface area contributed by atoms with Crippen molar-refractivity contribution in [3.05, 3.63) is 52.3 Å². The molecule has 2 aliphatic rings. The zero-order chi connectivity index (χ0) is 18.1. The maximum Gasteiger partial charge on any atom is 0.223 e. The number of fused-ring (bicyclic) bond motifs is 1. The van der Waals surface area contributed by atoms with Gasteiger partial charge in [-0.1, -0.05) is 24.3 Å². The highest BCUT2D eigenvalue weighted by atomic mass is 16.5. The molecule has 1 aromatic heterocycles. The van der Waals surface area contributed by atoms with Crippen molar-refractivity contribution < 1.29 is 9.53 Å². The number of hydrogen-bond donors (Lipinski definition) is 1. The van der Waals surface area contributed by atoms with Crippen molar-refractivity contribution in [2.24, 2.45) is 0 Å². The van der Waals surface area contributed by atoms with E-state index in [1.807, 2.05) is 19.1 Å². The van der Waals surface area contributed by atoms with Crippen LogP contribution in [-0.4, -0.2) is 35.0 Å². The van der Waals surface area contributed by atoms with Crippen molar-refractivity contribution in [1.82, 2.24) is 9.97 Å². The molecule has 1 aromatic carbocycles. The van der Waals surface area contributed by atoms with E-state index in [-0.39, 0.29) is 17.8 Å². The van der Waals surface area contributed by atoms with Gasteiger partial charge in [-0.25, -0.2) is 9.97 Å². The molecular formula is C21H25N3O2. The molecule has 0 radical (unpaired) electrons. The van der Waals surface area contributed by atoms with E-state index >= 15 is 0 Å². The van der Waals surface area contributed by atoms with Crippen LogP contribution in [0, 0.1) is 13.8 Å². The summed E-state index contributed by atoms with van der Waals surface area (Å²) in [6.45, 7) is 5.56. The fourth-order valence-corrected chi connectivity index (χ4v) is 4.13. The van der Waals surface area contributed by atoms with Crippen LogP contribution in [0.3, 0.4) is 0 Å². The molecule has 1 fully saturated rings. The van der Waals surface area contributed by atoms with Gasteiger partial charge in [0.15, 0.2) is 5.78 Å². The molecule has 1 N–H and O–H groups in total. The van der Waals surface area contributed by atoms with Crippen LogP contribution in [0.2, 0.25) is 0 Å². The van der Waals surface area contributed by atoms with Gasteiger partial charge in [-0.15, -0.1) is 0 Å². The van der Waals surface area contributed by atoms with Crippen LogP contribution in [-0.2, 0) is 11.2 Å². The van der Waals surface area contributed by atoms with Gasteiger partial charge in [-0.3, -0.25) is 4.79 Å². The predicted molar refractivity (Wildman–Crippen MR) is 101 cm³/mol. The van der Waals surface area contributed by atoms with E-state index in [1.54, 1.807) is 0 Å². The number of aryl methyl sites for hydroxylation is 2. The second-order valence-electron chi connectivity index (χ2n) is 7.36. The van der Waals surface area contributed by atoms with Crippen LogP contribution < -0.4 is 5.32 Å². The molecule has 1 aliphatic heterocycles. The van der Waals surface area contributed by atoms with Gasteiger partial charge in [0.05, 0.1) is 23.1 Å². The van der Waals surface area contributed by atoms with Crippen LogP contribution in [0.1, 0.15) is 58.1 Å². The van der Waals surface area contributed by atoms with Crippen LogP contribution in [0.25, 0.3) is 0 Å². The molecule has 0 saturated carbocycles. The number of nitrogens with zero attached hydrogens (tertiary/aromatic N) is 2. The third-order valence-corrected chi connectivity index (χ3v) is 5.46. The van der Waals surface area contributed by atoms with Crippen LogP contribution >= 0.6 is 0 Å². The molecule has 2 atom stereocenters. The van der Waals surface area contributed by atoms with E-state index in [2.05, 4.69) is 29.4 Å². The number of nitrogens with one attached hydrogen (secondary N) is 1. The third-order valence-electron chi connectivity index (χ3n) is 5.46. The zero-order valence-corrected chi connectivity index (χ0v) is 15.4. The van der Waals surface area contributed by atoms with Crippen molar-refractivity contribution in [3.8, 4) is 0 Å². The smallest absolute Gasteiger partial charge is 0.223 e. The number of anilines is 1. The monoisotopic (exact) mass is 351 g/mol. The Morgan fingerprint density at radius 3 is 2.81 bits per heavy atom. The average molecular weight is 351 g/mol. The minimum Gasteiger partial charge on any atom is -0.376 e. The molecule has 0 bridgehead atoms. The number of aromatic nitrogens is 2. The molecule has 0 unspecified atom stereocenters. The lowest BCUT2D eigenvalue weighted by atomic mass is 9.80. The first kappa shape index (κ1) is 17.2. The second-order valence-corrected chi connectivity index (χ2v) is 7.36. The Bertz CT molecular complexity index is 828. The molecule has 26 heavy (non-hydrogen) atoms. The van der Waals surface area contributed by atoms with Crippen molar-refractivity contribution in [1.29, 1.82) is 0 Å². The second kappa shape index (κ2) is 7.16. The van der Waals surface area contributed by atoms with Crippen molar-refractivity contribution in [2.75, 3.05) is 18.5 Å². The van der Waals surface area contributed by atoms with E-state index < -0.39 is 0 Å². The summed E-state index contributed by atoms with van der Waals surface area (Å²) < 4.78 is 5.65. The number of rotatable bonds is 4. The van der Waals surface area contributed by atoms with E-state index in [0.29, 0.717) is 18.9 Å². The molecule has 5 nitrogen and oxygen atoms in total. The minimum absolute atomic E-state index is 0.155. The summed E-state index contributed by atoms with van der Waals surface area (Å²) in [6, 6.07) is 8.32. The Kier molecular flexibility index (Phi) is 4.72. The average Bonchev–Trinajstić information content (AvgIpc) is 3.13. The zero-order valence-electron chi connectivity index (χ0n) is 15.4. The summed E-state index contributed by atoms with van der Waals surface area (Å²) in [5.74, 6) is 0.953. The van der Waals surface area contributed by atoms with Crippen molar-refractivity contribution >= 4 is 11.7 Å². The van der Waals surface area contributed by atoms with Crippen LogP contribution in [0.5, 0.6) is 0 Å². The molecule has 1 aliphatic carbocycles. The minimum atomic E-state index is 0.155. The molecule has 5 heteroatoms. The summed E-state index contributed by atoms with van der Waals surface area (Å²) >= 11 is 0. The SMILES string of the molecule is Cc1ccccc1[C@H]1CC(=O)c2c(C)nc(NC[C@@H]3CCCO3)nc2C1. The van der Waals surface area contributed by atoms with Gasteiger partial charge in [0, 0.05) is 19.6 Å². The van der Waals surface area contributed by atoms with Crippen molar-refractivity contribution in [3.63, 3.8) is 0 Å². The number of carbonyl (C=O) groups is 1. The lowest BCUT2D eigenvalue weighted by Gasteiger charge is -2.26. The van der Waals surface area contributed by atoms with E-state index in [9.17, 15) is 4.79 Å². The fraction of sp³-hybridized carbons (Fsp3) is 0.476. The van der Waals surface area contributed by atoms with Crippen LogP contribution in [0.4, 0.5) is 5.95 Å². The Balaban J connectivity index is 1.58. The lowest BCUT2D eigenvalue weighted by molar-refractivity contribution is 0.0961. The molecule has 136 valence electrons. The first-order chi connectivity index (χ1) is 12.6. The van der Waals surface area contributed by atoms with Gasteiger partial charge < -0.3 is 10.1 Å². The fourth-order valence-electron chi connectivity index (χ4n) is 4.13. The van der Waals surface area contributed by atoms with E-state index in [0.717, 1.165) is 42.8 Å². The number of ether oxygens (including phenoxy) is 1. The maximum absolute atomic E-state index is 12.8. The normalized spacial score (nSPS) is 22.3.